The van der Waals surface area contributed by atoms with Crippen molar-refractivity contribution in [3.63, 3.8) is 0 Å². The molecule has 0 spiro atoms. The van der Waals surface area contributed by atoms with Crippen LogP contribution in [-0.2, 0) is 26.0 Å². The first-order chi connectivity index (χ1) is 16.0. The lowest BCUT2D eigenvalue weighted by molar-refractivity contribution is 0.0943. The van der Waals surface area contributed by atoms with Gasteiger partial charge in [0, 0.05) is 23.0 Å². The fourth-order valence-electron chi connectivity index (χ4n) is 3.85. The fraction of sp³-hybridized carbons (Fsp3) is 0.435. The molecule has 4 rings (SSSR count). The van der Waals surface area contributed by atoms with Crippen molar-refractivity contribution in [2.45, 2.75) is 65.6 Å². The second kappa shape index (κ2) is 10.1. The summed E-state index contributed by atoms with van der Waals surface area (Å²) in [7, 11) is 0. The number of nitrogens with one attached hydrogen (secondary N) is 2. The topological polar surface area (TPSA) is 111 Å². The van der Waals surface area contributed by atoms with Crippen LogP contribution >= 0.6 is 11.3 Å². The molecule has 9 nitrogen and oxygen atoms in total. The molecule has 1 aliphatic rings. The summed E-state index contributed by atoms with van der Waals surface area (Å²) < 4.78 is 7.45. The Labute approximate surface area is 196 Å². The number of fused-ring (bicyclic) bond motifs is 1. The van der Waals surface area contributed by atoms with E-state index in [4.69, 9.17) is 4.74 Å². The van der Waals surface area contributed by atoms with Gasteiger partial charge in [-0.15, -0.1) is 16.4 Å². The van der Waals surface area contributed by atoms with Crippen molar-refractivity contribution < 1.29 is 14.3 Å². The molecule has 174 valence electrons. The molecule has 10 heteroatoms. The summed E-state index contributed by atoms with van der Waals surface area (Å²) in [5, 5.41) is 18.1. The number of anilines is 1. The van der Waals surface area contributed by atoms with Gasteiger partial charge in [0.2, 0.25) is 0 Å². The molecule has 2 N–H and O–H groups in total. The van der Waals surface area contributed by atoms with Crippen molar-refractivity contribution in [2.24, 2.45) is 0 Å². The Kier molecular flexibility index (Phi) is 7.02. The number of aryl methyl sites for hydroxylation is 2. The maximum absolute atomic E-state index is 13.1. The zero-order valence-electron chi connectivity index (χ0n) is 19.1. The van der Waals surface area contributed by atoms with Gasteiger partial charge in [-0.1, -0.05) is 6.07 Å². The summed E-state index contributed by atoms with van der Waals surface area (Å²) in [5.41, 5.74) is 2.13. The van der Waals surface area contributed by atoms with Crippen molar-refractivity contribution in [1.82, 2.24) is 25.5 Å². The number of thiophene rings is 1. The largest absolute Gasteiger partial charge is 0.486 e. The van der Waals surface area contributed by atoms with Gasteiger partial charge in [-0.3, -0.25) is 9.59 Å². The van der Waals surface area contributed by atoms with E-state index in [9.17, 15) is 9.59 Å². The zero-order chi connectivity index (χ0) is 23.4. The summed E-state index contributed by atoms with van der Waals surface area (Å²) in [5.74, 6) is 0.732. The zero-order valence-corrected chi connectivity index (χ0v) is 19.9. The molecule has 1 aliphatic carbocycles. The average molecular weight is 469 g/mol. The van der Waals surface area contributed by atoms with E-state index in [1.54, 1.807) is 28.9 Å². The number of nitrogens with zero attached hydrogens (tertiary/aromatic N) is 4. The number of amides is 2. The van der Waals surface area contributed by atoms with Crippen molar-refractivity contribution in [3.8, 4) is 5.75 Å². The standard InChI is InChI=1S/C23H28N6O3S/c1-4-29-19(26-27-28-29)13-32-16-9-7-8-15(12-16)21(30)25-23-20(22(31)24-14(2)3)17-10-5-6-11-18(17)33-23/h7-9,12,14H,4-6,10-11,13H2,1-3H3,(H,24,31)(H,25,30). The Morgan fingerprint density at radius 2 is 2.03 bits per heavy atom. The number of rotatable bonds is 8. The van der Waals surface area contributed by atoms with Gasteiger partial charge in [0.05, 0.1) is 5.56 Å². The summed E-state index contributed by atoms with van der Waals surface area (Å²) in [6.45, 7) is 6.65. The van der Waals surface area contributed by atoms with Crippen LogP contribution in [0.25, 0.3) is 0 Å². The molecule has 3 aromatic rings. The lowest BCUT2D eigenvalue weighted by Crippen LogP contribution is -2.31. The monoisotopic (exact) mass is 468 g/mol. The lowest BCUT2D eigenvalue weighted by atomic mass is 9.95. The molecule has 0 aliphatic heterocycles. The van der Waals surface area contributed by atoms with Crippen LogP contribution in [0.4, 0.5) is 5.00 Å². The highest BCUT2D eigenvalue weighted by Crippen LogP contribution is 2.38. The molecule has 2 aromatic heterocycles. The van der Waals surface area contributed by atoms with Gasteiger partial charge < -0.3 is 15.4 Å². The molecule has 2 amide bonds. The molecular weight excluding hydrogens is 440 g/mol. The first kappa shape index (κ1) is 22.9. The number of carbonyl (C=O) groups excluding carboxylic acids is 2. The highest BCUT2D eigenvalue weighted by molar-refractivity contribution is 7.17. The molecule has 0 bridgehead atoms. The molecule has 0 radical (unpaired) electrons. The Hall–Kier alpha value is -3.27. The van der Waals surface area contributed by atoms with Gasteiger partial charge in [-0.2, -0.15) is 0 Å². The van der Waals surface area contributed by atoms with Crippen LogP contribution in [-0.4, -0.2) is 38.1 Å². The second-order valence-electron chi connectivity index (χ2n) is 8.22. The number of carbonyl (C=O) groups is 2. The van der Waals surface area contributed by atoms with Crippen LogP contribution in [0.5, 0.6) is 5.75 Å². The molecule has 0 saturated heterocycles. The van der Waals surface area contributed by atoms with Crippen LogP contribution < -0.4 is 15.4 Å². The van der Waals surface area contributed by atoms with Gasteiger partial charge >= 0.3 is 0 Å². The third-order valence-electron chi connectivity index (χ3n) is 5.41. The van der Waals surface area contributed by atoms with Crippen LogP contribution in [0.2, 0.25) is 0 Å². The fourth-order valence-corrected chi connectivity index (χ4v) is 5.13. The van der Waals surface area contributed by atoms with Gasteiger partial charge in [-0.05, 0) is 80.6 Å². The molecule has 0 fully saturated rings. The Morgan fingerprint density at radius 3 is 2.82 bits per heavy atom. The molecule has 33 heavy (non-hydrogen) atoms. The van der Waals surface area contributed by atoms with Crippen molar-refractivity contribution in [2.75, 3.05) is 5.32 Å². The molecule has 2 heterocycles. The second-order valence-corrected chi connectivity index (χ2v) is 9.33. The van der Waals surface area contributed by atoms with E-state index in [0.29, 0.717) is 34.2 Å². The maximum atomic E-state index is 13.1. The first-order valence-corrected chi connectivity index (χ1v) is 12.0. The minimum Gasteiger partial charge on any atom is -0.486 e. The Bertz CT molecular complexity index is 1150. The van der Waals surface area contributed by atoms with E-state index in [1.807, 2.05) is 20.8 Å². The average Bonchev–Trinajstić information content (AvgIpc) is 3.41. The van der Waals surface area contributed by atoms with Crippen LogP contribution in [0.1, 0.15) is 70.6 Å². The normalized spacial score (nSPS) is 13.0. The minimum atomic E-state index is -0.281. The predicted molar refractivity (Wildman–Crippen MR) is 126 cm³/mol. The lowest BCUT2D eigenvalue weighted by Gasteiger charge is -2.14. The molecular formula is C23H28N6O3S. The van der Waals surface area contributed by atoms with Gasteiger partial charge in [0.25, 0.3) is 11.8 Å². The number of aromatic nitrogens is 4. The summed E-state index contributed by atoms with van der Waals surface area (Å²) in [6.07, 6.45) is 3.97. The van der Waals surface area contributed by atoms with E-state index in [-0.39, 0.29) is 24.5 Å². The number of tetrazole rings is 1. The van der Waals surface area contributed by atoms with E-state index >= 15 is 0 Å². The number of hydrogen-bond acceptors (Lipinski definition) is 7. The van der Waals surface area contributed by atoms with E-state index in [0.717, 1.165) is 31.2 Å². The Balaban J connectivity index is 1.52. The third-order valence-corrected chi connectivity index (χ3v) is 6.62. The Morgan fingerprint density at radius 1 is 1.21 bits per heavy atom. The third kappa shape index (κ3) is 5.22. The SMILES string of the molecule is CCn1nnnc1COc1cccc(C(=O)Nc2sc3c(c2C(=O)NC(C)C)CCCC3)c1. The molecule has 0 saturated carbocycles. The minimum absolute atomic E-state index is 0.0164. The van der Waals surface area contributed by atoms with Crippen LogP contribution in [0.15, 0.2) is 24.3 Å². The number of ether oxygens (including phenoxy) is 1. The van der Waals surface area contributed by atoms with Crippen molar-refractivity contribution in [3.05, 3.63) is 51.7 Å². The van der Waals surface area contributed by atoms with Crippen LogP contribution in [0.3, 0.4) is 0 Å². The number of hydrogen-bond donors (Lipinski definition) is 2. The summed E-state index contributed by atoms with van der Waals surface area (Å²) in [4.78, 5) is 27.2. The quantitative estimate of drug-likeness (QED) is 0.523. The van der Waals surface area contributed by atoms with Gasteiger partial charge in [0.1, 0.15) is 17.4 Å². The summed E-state index contributed by atoms with van der Waals surface area (Å²) in [6, 6.07) is 6.96. The van der Waals surface area contributed by atoms with E-state index in [1.165, 1.54) is 16.2 Å². The highest BCUT2D eigenvalue weighted by atomic mass is 32.1. The maximum Gasteiger partial charge on any atom is 0.256 e. The van der Waals surface area contributed by atoms with E-state index in [2.05, 4.69) is 26.2 Å². The van der Waals surface area contributed by atoms with Gasteiger partial charge in [-0.25, -0.2) is 4.68 Å². The molecule has 1 aromatic carbocycles. The van der Waals surface area contributed by atoms with Crippen molar-refractivity contribution >= 4 is 28.2 Å². The highest BCUT2D eigenvalue weighted by Gasteiger charge is 2.27. The van der Waals surface area contributed by atoms with Crippen LogP contribution in [0, 0.1) is 0 Å². The molecule has 0 atom stereocenters. The summed E-state index contributed by atoms with van der Waals surface area (Å²) >= 11 is 1.51. The number of benzene rings is 1. The first-order valence-electron chi connectivity index (χ1n) is 11.2. The molecule has 0 unspecified atom stereocenters. The van der Waals surface area contributed by atoms with Gasteiger partial charge in [0.15, 0.2) is 5.82 Å². The smallest absolute Gasteiger partial charge is 0.256 e. The van der Waals surface area contributed by atoms with Crippen molar-refractivity contribution in [1.29, 1.82) is 0 Å². The predicted octanol–water partition coefficient (Wildman–Crippen LogP) is 3.60. The van der Waals surface area contributed by atoms with E-state index < -0.39 is 0 Å².